The summed E-state index contributed by atoms with van der Waals surface area (Å²) in [6.45, 7) is 1.09. The summed E-state index contributed by atoms with van der Waals surface area (Å²) in [6.07, 6.45) is 4.51. The van der Waals surface area contributed by atoms with Gasteiger partial charge in [0.25, 0.3) is 5.91 Å². The number of aryl methyl sites for hydroxylation is 1. The molecule has 0 radical (unpaired) electrons. The van der Waals surface area contributed by atoms with E-state index in [0.717, 1.165) is 18.4 Å². The van der Waals surface area contributed by atoms with Crippen molar-refractivity contribution in [3.63, 3.8) is 0 Å². The van der Waals surface area contributed by atoms with Crippen molar-refractivity contribution in [2.24, 2.45) is 7.05 Å². The third kappa shape index (κ3) is 4.84. The Labute approximate surface area is 192 Å². The SMILES string of the molecule is COc1ccc(OC)c(-c2cc(C(=O)N3CCCC(Oc4cncc(OC)n4)C3)n(C)n2)c1. The fourth-order valence-corrected chi connectivity index (χ4v) is 3.85. The highest BCUT2D eigenvalue weighted by atomic mass is 16.5. The van der Waals surface area contributed by atoms with E-state index < -0.39 is 0 Å². The molecule has 1 amide bonds. The van der Waals surface area contributed by atoms with Crippen LogP contribution in [0.1, 0.15) is 23.3 Å². The predicted octanol–water partition coefficient (Wildman–Crippen LogP) is 2.59. The van der Waals surface area contributed by atoms with Crippen LogP contribution in [-0.4, -0.2) is 71.1 Å². The van der Waals surface area contributed by atoms with Crippen LogP contribution in [-0.2, 0) is 7.05 Å². The molecule has 0 N–H and O–H groups in total. The van der Waals surface area contributed by atoms with Crippen LogP contribution in [0.4, 0.5) is 0 Å². The Bertz CT molecular complexity index is 1130. The lowest BCUT2D eigenvalue weighted by molar-refractivity contribution is 0.0515. The molecule has 10 heteroatoms. The van der Waals surface area contributed by atoms with Gasteiger partial charge in [-0.15, -0.1) is 0 Å². The van der Waals surface area contributed by atoms with Gasteiger partial charge >= 0.3 is 0 Å². The number of ether oxygens (including phenoxy) is 4. The zero-order valence-corrected chi connectivity index (χ0v) is 19.1. The molecule has 1 unspecified atom stereocenters. The van der Waals surface area contributed by atoms with E-state index in [4.69, 9.17) is 18.9 Å². The van der Waals surface area contributed by atoms with Crippen molar-refractivity contribution in [3.8, 4) is 34.5 Å². The summed E-state index contributed by atoms with van der Waals surface area (Å²) in [5, 5.41) is 4.56. The van der Waals surface area contributed by atoms with Crippen molar-refractivity contribution in [3.05, 3.63) is 42.4 Å². The lowest BCUT2D eigenvalue weighted by atomic mass is 10.1. The maximum Gasteiger partial charge on any atom is 0.272 e. The number of nitrogens with zero attached hydrogens (tertiary/aromatic N) is 5. The first-order valence-electron chi connectivity index (χ1n) is 10.6. The molecule has 1 fully saturated rings. The predicted molar refractivity (Wildman–Crippen MR) is 120 cm³/mol. The zero-order valence-electron chi connectivity index (χ0n) is 19.1. The van der Waals surface area contributed by atoms with Crippen molar-refractivity contribution < 1.29 is 23.7 Å². The number of carbonyl (C=O) groups excluding carboxylic acids is 1. The van der Waals surface area contributed by atoms with Gasteiger partial charge in [-0.3, -0.25) is 14.5 Å². The maximum absolute atomic E-state index is 13.3. The largest absolute Gasteiger partial charge is 0.497 e. The van der Waals surface area contributed by atoms with Gasteiger partial charge in [-0.25, -0.2) is 0 Å². The van der Waals surface area contributed by atoms with Gasteiger partial charge in [0, 0.05) is 19.2 Å². The normalized spacial score (nSPS) is 15.8. The topological polar surface area (TPSA) is 101 Å². The Balaban J connectivity index is 1.52. The number of methoxy groups -OCH3 is 3. The highest BCUT2D eigenvalue weighted by molar-refractivity contribution is 5.94. The Morgan fingerprint density at radius 1 is 1.06 bits per heavy atom. The van der Waals surface area contributed by atoms with E-state index in [-0.39, 0.29) is 12.0 Å². The Hall–Kier alpha value is -3.82. The number of rotatable bonds is 7. The van der Waals surface area contributed by atoms with Gasteiger partial charge in [0.15, 0.2) is 0 Å². The molecule has 3 aromatic rings. The third-order valence-electron chi connectivity index (χ3n) is 5.53. The van der Waals surface area contributed by atoms with Crippen LogP contribution in [0.15, 0.2) is 36.7 Å². The fraction of sp³-hybridized carbons (Fsp3) is 0.391. The maximum atomic E-state index is 13.3. The van der Waals surface area contributed by atoms with Crippen LogP contribution >= 0.6 is 0 Å². The molecule has 3 heterocycles. The number of hydrogen-bond acceptors (Lipinski definition) is 8. The summed E-state index contributed by atoms with van der Waals surface area (Å²) in [7, 11) is 6.48. The van der Waals surface area contributed by atoms with E-state index in [1.165, 1.54) is 19.5 Å². The number of likely N-dealkylation sites (tertiary alicyclic amines) is 1. The molecule has 33 heavy (non-hydrogen) atoms. The summed E-state index contributed by atoms with van der Waals surface area (Å²) >= 11 is 0. The van der Waals surface area contributed by atoms with E-state index in [9.17, 15) is 4.79 Å². The van der Waals surface area contributed by atoms with E-state index in [1.54, 1.807) is 36.9 Å². The van der Waals surface area contributed by atoms with Crippen molar-refractivity contribution >= 4 is 5.91 Å². The molecule has 2 aromatic heterocycles. The average molecular weight is 453 g/mol. The summed E-state index contributed by atoms with van der Waals surface area (Å²) in [5.74, 6) is 1.98. The molecule has 0 aliphatic carbocycles. The molecule has 0 bridgehead atoms. The molecule has 174 valence electrons. The van der Waals surface area contributed by atoms with Crippen molar-refractivity contribution in [2.45, 2.75) is 18.9 Å². The molecule has 1 aromatic carbocycles. The lowest BCUT2D eigenvalue weighted by Crippen LogP contribution is -2.45. The van der Waals surface area contributed by atoms with Crippen LogP contribution in [0, 0.1) is 0 Å². The van der Waals surface area contributed by atoms with Gasteiger partial charge < -0.3 is 23.8 Å². The first kappa shape index (κ1) is 22.4. The lowest BCUT2D eigenvalue weighted by Gasteiger charge is -2.32. The van der Waals surface area contributed by atoms with Gasteiger partial charge in [-0.05, 0) is 37.1 Å². The first-order valence-corrected chi connectivity index (χ1v) is 10.6. The minimum absolute atomic E-state index is 0.108. The number of benzene rings is 1. The molecule has 0 spiro atoms. The minimum atomic E-state index is -0.185. The summed E-state index contributed by atoms with van der Waals surface area (Å²) in [6, 6.07) is 7.25. The standard InChI is InChI=1S/C23H27N5O5/c1-27-19(11-18(26-27)17-10-15(30-2)7-8-20(17)31-3)23(29)28-9-5-6-16(14-28)33-22-13-24-12-21(25-22)32-4/h7-8,10-13,16H,5-6,9,14H2,1-4H3. The second kappa shape index (κ2) is 9.76. The van der Waals surface area contributed by atoms with Gasteiger partial charge in [-0.2, -0.15) is 10.1 Å². The Morgan fingerprint density at radius 2 is 1.88 bits per heavy atom. The fourth-order valence-electron chi connectivity index (χ4n) is 3.85. The molecule has 4 rings (SSSR count). The van der Waals surface area contributed by atoms with E-state index in [0.29, 0.717) is 47.7 Å². The minimum Gasteiger partial charge on any atom is -0.497 e. The summed E-state index contributed by atoms with van der Waals surface area (Å²) < 4.78 is 23.5. The number of amides is 1. The second-order valence-electron chi connectivity index (χ2n) is 7.64. The average Bonchev–Trinajstić information content (AvgIpc) is 3.24. The molecular formula is C23H27N5O5. The Morgan fingerprint density at radius 3 is 2.64 bits per heavy atom. The number of piperidine rings is 1. The van der Waals surface area contributed by atoms with Crippen LogP contribution in [0.3, 0.4) is 0 Å². The zero-order chi connectivity index (χ0) is 23.4. The van der Waals surface area contributed by atoms with Gasteiger partial charge in [0.1, 0.15) is 23.3 Å². The molecule has 1 saturated heterocycles. The van der Waals surface area contributed by atoms with Crippen molar-refractivity contribution in [2.75, 3.05) is 34.4 Å². The van der Waals surface area contributed by atoms with Crippen LogP contribution in [0.5, 0.6) is 23.3 Å². The number of hydrogen-bond donors (Lipinski definition) is 0. The van der Waals surface area contributed by atoms with Crippen molar-refractivity contribution in [1.29, 1.82) is 0 Å². The van der Waals surface area contributed by atoms with Crippen molar-refractivity contribution in [1.82, 2.24) is 24.6 Å². The highest BCUT2D eigenvalue weighted by Crippen LogP contribution is 2.33. The van der Waals surface area contributed by atoms with Gasteiger partial charge in [0.05, 0.1) is 46.0 Å². The highest BCUT2D eigenvalue weighted by Gasteiger charge is 2.28. The Kier molecular flexibility index (Phi) is 6.62. The molecular weight excluding hydrogens is 426 g/mol. The molecule has 1 aliphatic heterocycles. The second-order valence-corrected chi connectivity index (χ2v) is 7.64. The summed E-state index contributed by atoms with van der Waals surface area (Å²) in [5.41, 5.74) is 1.87. The van der Waals surface area contributed by atoms with E-state index in [2.05, 4.69) is 15.1 Å². The van der Waals surface area contributed by atoms with Crippen LogP contribution in [0.2, 0.25) is 0 Å². The molecule has 0 saturated carbocycles. The first-order chi connectivity index (χ1) is 16.0. The van der Waals surface area contributed by atoms with Crippen LogP contribution < -0.4 is 18.9 Å². The monoisotopic (exact) mass is 453 g/mol. The third-order valence-corrected chi connectivity index (χ3v) is 5.53. The van der Waals surface area contributed by atoms with Gasteiger partial charge in [0.2, 0.25) is 11.8 Å². The quantitative estimate of drug-likeness (QED) is 0.538. The number of aromatic nitrogens is 4. The summed E-state index contributed by atoms with van der Waals surface area (Å²) in [4.78, 5) is 23.4. The molecule has 10 nitrogen and oxygen atoms in total. The van der Waals surface area contributed by atoms with E-state index in [1.807, 2.05) is 18.2 Å². The molecule has 1 aliphatic rings. The smallest absolute Gasteiger partial charge is 0.272 e. The van der Waals surface area contributed by atoms with Gasteiger partial charge in [-0.1, -0.05) is 0 Å². The molecule has 1 atom stereocenters. The number of carbonyl (C=O) groups is 1. The van der Waals surface area contributed by atoms with E-state index >= 15 is 0 Å². The van der Waals surface area contributed by atoms with Crippen LogP contribution in [0.25, 0.3) is 11.3 Å².